The number of ether oxygens (including phenoxy) is 1. The Morgan fingerprint density at radius 3 is 2.02 bits per heavy atom. The number of aromatic nitrogens is 1. The standard InChI is InChI=1S/C35H28N2O6.BrH/c38-34(39)20-24-12-16-26(17-13-24)22-36-28-6-1-3-8-30(28)42-32(36)10-5-11-33-37(29-7-2-4-9-31(29)43-33)23-27-18-14-25(15-19-27)21-35(40)41;/h1-19H,20-23H2,(H-,38,39,40,41);1H. The number of hydrogen-bond acceptors (Lipinski definition) is 5. The number of carbonyl (C=O) groups is 2. The van der Waals surface area contributed by atoms with Crippen molar-refractivity contribution in [1.29, 1.82) is 0 Å². The summed E-state index contributed by atoms with van der Waals surface area (Å²) in [5.41, 5.74) is 6.20. The third kappa shape index (κ3) is 6.90. The number of anilines is 1. The molecule has 6 rings (SSSR count). The molecule has 0 amide bonds. The van der Waals surface area contributed by atoms with E-state index in [1.165, 1.54) is 0 Å². The first-order valence-electron chi connectivity index (χ1n) is 13.9. The van der Waals surface area contributed by atoms with Crippen LogP contribution in [-0.4, -0.2) is 22.2 Å². The predicted molar refractivity (Wildman–Crippen MR) is 161 cm³/mol. The molecular formula is C35H29BrN2O6. The van der Waals surface area contributed by atoms with Gasteiger partial charge in [-0.15, -0.1) is 0 Å². The molecule has 8 nitrogen and oxygen atoms in total. The number of benzene rings is 4. The normalized spacial score (nSPS) is 13.2. The van der Waals surface area contributed by atoms with E-state index in [-0.39, 0.29) is 29.8 Å². The summed E-state index contributed by atoms with van der Waals surface area (Å²) in [6.45, 7) is 1.10. The lowest BCUT2D eigenvalue weighted by Gasteiger charge is -2.18. The zero-order valence-corrected chi connectivity index (χ0v) is 25.2. The van der Waals surface area contributed by atoms with Gasteiger partial charge in [0.25, 0.3) is 5.52 Å². The minimum absolute atomic E-state index is 0. The highest BCUT2D eigenvalue weighted by molar-refractivity contribution is 5.71. The molecule has 0 unspecified atom stereocenters. The maximum absolute atomic E-state index is 11.1. The molecule has 2 heterocycles. The SMILES string of the molecule is O=C(O)Cc1ccc(CN2/C(=C/C=C/c3oc4ccccc4[n+]3Cc3ccc(CC(=O)O)cc3)Oc3ccccc32)cc1.[Br-]. The van der Waals surface area contributed by atoms with Gasteiger partial charge in [-0.1, -0.05) is 72.8 Å². The molecule has 0 bridgehead atoms. The molecule has 0 aliphatic carbocycles. The Kier molecular flexibility index (Phi) is 9.26. The lowest BCUT2D eigenvalue weighted by atomic mass is 10.1. The first-order chi connectivity index (χ1) is 20.9. The van der Waals surface area contributed by atoms with Crippen molar-refractivity contribution in [3.8, 4) is 5.75 Å². The van der Waals surface area contributed by atoms with Crippen LogP contribution in [0.4, 0.5) is 5.69 Å². The second-order valence-corrected chi connectivity index (χ2v) is 10.3. The van der Waals surface area contributed by atoms with E-state index in [0.29, 0.717) is 24.9 Å². The molecule has 0 radical (unpaired) electrons. The number of fused-ring (bicyclic) bond motifs is 2. The van der Waals surface area contributed by atoms with Gasteiger partial charge in [0.1, 0.15) is 0 Å². The number of rotatable bonds is 10. The monoisotopic (exact) mass is 652 g/mol. The van der Waals surface area contributed by atoms with E-state index in [0.717, 1.165) is 44.8 Å². The smallest absolute Gasteiger partial charge is 0.374 e. The highest BCUT2D eigenvalue weighted by Crippen LogP contribution is 2.39. The Hall–Kier alpha value is -5.15. The number of carboxylic acid groups (broad SMARTS) is 2. The average Bonchev–Trinajstić information content (AvgIpc) is 3.52. The Morgan fingerprint density at radius 2 is 1.34 bits per heavy atom. The molecule has 0 saturated heterocycles. The van der Waals surface area contributed by atoms with Crippen molar-refractivity contribution in [3.05, 3.63) is 143 Å². The van der Waals surface area contributed by atoms with Gasteiger partial charge in [-0.2, -0.15) is 4.57 Å². The van der Waals surface area contributed by atoms with Crippen LogP contribution in [0, 0.1) is 0 Å². The molecule has 1 aromatic heterocycles. The molecule has 1 aliphatic heterocycles. The van der Waals surface area contributed by atoms with Gasteiger partial charge in [-0.3, -0.25) is 9.59 Å². The molecule has 0 atom stereocenters. The van der Waals surface area contributed by atoms with Gasteiger partial charge >= 0.3 is 17.8 Å². The maximum atomic E-state index is 11.1. The number of para-hydroxylation sites is 4. The van der Waals surface area contributed by atoms with Crippen LogP contribution in [0.15, 0.2) is 120 Å². The highest BCUT2D eigenvalue weighted by Gasteiger charge is 2.26. The number of hydrogen-bond donors (Lipinski definition) is 2. The number of aliphatic carboxylic acids is 2. The largest absolute Gasteiger partial charge is 1.00 e. The number of allylic oxidation sites excluding steroid dienone is 2. The molecule has 0 spiro atoms. The van der Waals surface area contributed by atoms with Gasteiger partial charge in [0, 0.05) is 11.6 Å². The molecule has 222 valence electrons. The van der Waals surface area contributed by atoms with Crippen LogP contribution in [0.1, 0.15) is 28.1 Å². The summed E-state index contributed by atoms with van der Waals surface area (Å²) >= 11 is 0. The minimum Gasteiger partial charge on any atom is -1.00 e. The van der Waals surface area contributed by atoms with Crippen molar-refractivity contribution in [2.45, 2.75) is 25.9 Å². The first-order valence-corrected chi connectivity index (χ1v) is 13.9. The van der Waals surface area contributed by atoms with Crippen LogP contribution in [0.5, 0.6) is 5.75 Å². The second kappa shape index (κ2) is 13.4. The number of nitrogens with zero attached hydrogens (tertiary/aromatic N) is 2. The molecule has 44 heavy (non-hydrogen) atoms. The average molecular weight is 654 g/mol. The Bertz CT molecular complexity index is 1860. The number of carboxylic acids is 2. The van der Waals surface area contributed by atoms with Gasteiger partial charge in [-0.05, 0) is 47.0 Å². The zero-order valence-electron chi connectivity index (χ0n) is 23.6. The summed E-state index contributed by atoms with van der Waals surface area (Å²) < 4.78 is 14.5. The Balaban J connectivity index is 0.00000384. The first kappa shape index (κ1) is 30.3. The fourth-order valence-corrected chi connectivity index (χ4v) is 5.13. The molecule has 5 aromatic rings. The summed E-state index contributed by atoms with van der Waals surface area (Å²) in [4.78, 5) is 24.2. The topological polar surface area (TPSA) is 104 Å². The van der Waals surface area contributed by atoms with E-state index in [4.69, 9.17) is 19.4 Å². The van der Waals surface area contributed by atoms with E-state index < -0.39 is 11.9 Å². The number of halogens is 1. The van der Waals surface area contributed by atoms with Crippen LogP contribution in [0.2, 0.25) is 0 Å². The third-order valence-corrected chi connectivity index (χ3v) is 7.19. The van der Waals surface area contributed by atoms with E-state index in [2.05, 4.69) is 9.47 Å². The van der Waals surface area contributed by atoms with Crippen molar-refractivity contribution in [2.24, 2.45) is 0 Å². The van der Waals surface area contributed by atoms with Crippen molar-refractivity contribution in [1.82, 2.24) is 0 Å². The fourth-order valence-electron chi connectivity index (χ4n) is 5.13. The van der Waals surface area contributed by atoms with E-state index in [1.807, 2.05) is 115 Å². The lowest BCUT2D eigenvalue weighted by Crippen LogP contribution is -3.00. The summed E-state index contributed by atoms with van der Waals surface area (Å²) in [6.07, 6.45) is 5.68. The van der Waals surface area contributed by atoms with Crippen molar-refractivity contribution >= 4 is 34.8 Å². The molecule has 2 N–H and O–H groups in total. The summed E-state index contributed by atoms with van der Waals surface area (Å²) in [6, 6.07) is 30.8. The van der Waals surface area contributed by atoms with Gasteiger partial charge in [0.15, 0.2) is 12.3 Å². The zero-order chi connectivity index (χ0) is 29.8. The molecule has 9 heteroatoms. The molecular weight excluding hydrogens is 624 g/mol. The Labute approximate surface area is 264 Å². The van der Waals surface area contributed by atoms with Gasteiger partial charge in [-0.25, -0.2) is 0 Å². The van der Waals surface area contributed by atoms with Crippen LogP contribution in [0.25, 0.3) is 17.2 Å². The van der Waals surface area contributed by atoms with Crippen LogP contribution < -0.4 is 31.2 Å². The van der Waals surface area contributed by atoms with Crippen LogP contribution >= 0.6 is 0 Å². The van der Waals surface area contributed by atoms with Crippen LogP contribution in [-0.2, 0) is 35.5 Å². The Morgan fingerprint density at radius 1 is 0.750 bits per heavy atom. The van der Waals surface area contributed by atoms with Crippen molar-refractivity contribution in [3.63, 3.8) is 0 Å². The van der Waals surface area contributed by atoms with E-state index in [1.54, 1.807) is 0 Å². The molecule has 4 aromatic carbocycles. The fraction of sp³-hybridized carbons (Fsp3) is 0.114. The predicted octanol–water partition coefficient (Wildman–Crippen LogP) is 2.98. The van der Waals surface area contributed by atoms with Crippen LogP contribution in [0.3, 0.4) is 0 Å². The quantitative estimate of drug-likeness (QED) is 0.224. The van der Waals surface area contributed by atoms with Gasteiger partial charge in [0.05, 0.1) is 31.1 Å². The van der Waals surface area contributed by atoms with Crippen molar-refractivity contribution in [2.75, 3.05) is 4.90 Å². The van der Waals surface area contributed by atoms with Gasteiger partial charge < -0.3 is 41.2 Å². The van der Waals surface area contributed by atoms with E-state index in [9.17, 15) is 9.59 Å². The maximum Gasteiger partial charge on any atom is 0.374 e. The van der Waals surface area contributed by atoms with Gasteiger partial charge in [0.2, 0.25) is 11.5 Å². The molecule has 1 aliphatic rings. The molecule has 0 fully saturated rings. The van der Waals surface area contributed by atoms with E-state index >= 15 is 0 Å². The van der Waals surface area contributed by atoms with Crippen molar-refractivity contribution < 1.29 is 50.5 Å². The highest BCUT2D eigenvalue weighted by atomic mass is 79.9. The second-order valence-electron chi connectivity index (χ2n) is 10.3. The molecule has 0 saturated carbocycles. The summed E-state index contributed by atoms with van der Waals surface area (Å²) in [5, 5.41) is 18.2. The summed E-state index contributed by atoms with van der Waals surface area (Å²) in [7, 11) is 0. The summed E-state index contributed by atoms with van der Waals surface area (Å²) in [5.74, 6) is 0.361. The number of oxazole rings is 1. The minimum atomic E-state index is -0.856. The third-order valence-electron chi connectivity index (χ3n) is 7.19. The lowest BCUT2D eigenvalue weighted by molar-refractivity contribution is -0.669.